The van der Waals surface area contributed by atoms with E-state index in [9.17, 15) is 4.79 Å². The first-order chi connectivity index (χ1) is 2.27. The third-order valence-electron chi connectivity index (χ3n) is 0.175. The van der Waals surface area contributed by atoms with Crippen molar-refractivity contribution in [3.63, 3.8) is 0 Å². The molecule has 0 saturated carbocycles. The molecule has 0 saturated heterocycles. The van der Waals surface area contributed by atoms with Crippen molar-refractivity contribution in [3.05, 3.63) is 0 Å². The van der Waals surface area contributed by atoms with Crippen LogP contribution in [0.4, 0.5) is 0 Å². The molecule has 7 heavy (non-hydrogen) atoms. The number of carboxylic acids is 1. The second-order valence-corrected chi connectivity index (χ2v) is 0.598. The van der Waals surface area contributed by atoms with Crippen molar-refractivity contribution in [3.8, 4) is 0 Å². The molecule has 0 aliphatic rings. The Bertz CT molecular complexity index is 49.0. The van der Waals surface area contributed by atoms with E-state index in [0.717, 1.165) is 0 Å². The van der Waals surface area contributed by atoms with E-state index in [4.69, 9.17) is 5.11 Å². The van der Waals surface area contributed by atoms with E-state index in [-0.39, 0.29) is 38.9 Å². The maximum atomic E-state index is 9.24. The molecule has 0 heterocycles. The predicted molar refractivity (Wildman–Crippen MR) is 21.7 cm³/mol. The van der Waals surface area contributed by atoms with Gasteiger partial charge in [0.1, 0.15) is 0 Å². The number of carbonyl (C=O) groups is 1. The fourth-order valence-electron chi connectivity index (χ4n) is 0. The first-order valence-electron chi connectivity index (χ1n) is 1.19. The zero-order chi connectivity index (χ0) is 4.28. The monoisotopic (exact) mass is 182 g/mol. The van der Waals surface area contributed by atoms with Crippen LogP contribution in [-0.2, 0) is 31.0 Å². The Morgan fingerprint density at radius 3 is 1.86 bits per heavy atom. The van der Waals surface area contributed by atoms with Crippen LogP contribution in [0.15, 0.2) is 0 Å². The summed E-state index contributed by atoms with van der Waals surface area (Å²) in [4.78, 5) is 9.24. The van der Waals surface area contributed by atoms with Crippen LogP contribution in [0.25, 0.3) is 0 Å². The maximum Gasteiger partial charge on any atom is 0.317 e. The van der Waals surface area contributed by atoms with E-state index >= 15 is 0 Å². The van der Waals surface area contributed by atoms with Gasteiger partial charge in [0.25, 0.3) is 0 Å². The molecule has 6 N–H and O–H groups in total. The van der Waals surface area contributed by atoms with Crippen molar-refractivity contribution in [1.29, 1.82) is 0 Å². The van der Waals surface area contributed by atoms with Crippen LogP contribution in [0, 0.1) is 0 Å². The number of hydrogen-bond donors (Lipinski definition) is 3. The summed E-state index contributed by atoms with van der Waals surface area (Å²) < 4.78 is 0. The summed E-state index contributed by atoms with van der Waals surface area (Å²) in [5.41, 5.74) is 4.57. The third kappa shape index (κ3) is 22.2. The molecule has 0 spiro atoms. The second-order valence-electron chi connectivity index (χ2n) is 0.598. The van der Waals surface area contributed by atoms with E-state index < -0.39 is 5.97 Å². The van der Waals surface area contributed by atoms with Gasteiger partial charge in [-0.15, -0.1) is 0 Å². The van der Waals surface area contributed by atoms with Crippen LogP contribution in [0.2, 0.25) is 0 Å². The van der Waals surface area contributed by atoms with Crippen LogP contribution in [0.1, 0.15) is 0 Å². The van der Waals surface area contributed by atoms with Gasteiger partial charge in [-0.2, -0.15) is 0 Å². The van der Waals surface area contributed by atoms with E-state index in [1.54, 1.807) is 0 Å². The van der Waals surface area contributed by atoms with Crippen LogP contribution in [-0.4, -0.2) is 17.6 Å². The average Bonchev–Trinajstić information content (AvgIpc) is 1.38. The van der Waals surface area contributed by atoms with Crippen molar-refractivity contribution < 1.29 is 36.1 Å². The van der Waals surface area contributed by atoms with Crippen LogP contribution in [0.5, 0.6) is 0 Å². The minimum Gasteiger partial charge on any atom is -0.480 e. The van der Waals surface area contributed by atoms with Crippen molar-refractivity contribution in [1.82, 2.24) is 6.15 Å². The largest absolute Gasteiger partial charge is 0.480 e. The molecule has 0 aromatic heterocycles. The second kappa shape index (κ2) is 9.55. The molecule has 42 valence electrons. The molecule has 0 aromatic carbocycles. The van der Waals surface area contributed by atoms with E-state index in [0.29, 0.717) is 0 Å². The molecule has 5 heteroatoms. The summed E-state index contributed by atoms with van der Waals surface area (Å²) in [5, 5.41) is 7.60. The fourth-order valence-corrected chi connectivity index (χ4v) is 0. The van der Waals surface area contributed by atoms with Gasteiger partial charge in [0.05, 0.1) is 6.54 Å². The smallest absolute Gasteiger partial charge is 0.317 e. The number of nitrogens with two attached hydrogens (primary N) is 1. The molecule has 0 fully saturated rings. The standard InChI is InChI=1S/C2H5NO2.H3N.Zr/c3-1-2(4)5;;/h1,3H2,(H,4,5);1H3;. The Kier molecular flexibility index (Phi) is 21.4. The maximum absolute atomic E-state index is 9.24. The molecule has 0 aliphatic carbocycles. The number of hydrogen-bond acceptors (Lipinski definition) is 3. The molecule has 0 unspecified atom stereocenters. The molecule has 0 atom stereocenters. The molecular weight excluding hydrogens is 175 g/mol. The number of carboxylic acid groups (broad SMARTS) is 1. The summed E-state index contributed by atoms with van der Waals surface area (Å²) >= 11 is 0. The fraction of sp³-hybridized carbons (Fsp3) is 0.500. The van der Waals surface area contributed by atoms with Crippen LogP contribution >= 0.6 is 0 Å². The average molecular weight is 183 g/mol. The Hall–Kier alpha value is 0.273. The van der Waals surface area contributed by atoms with E-state index in [1.165, 1.54) is 0 Å². The molecule has 0 aliphatic heterocycles. The van der Waals surface area contributed by atoms with Gasteiger partial charge in [0.2, 0.25) is 0 Å². The summed E-state index contributed by atoms with van der Waals surface area (Å²) in [6.45, 7) is -0.278. The van der Waals surface area contributed by atoms with E-state index in [2.05, 4.69) is 5.73 Å². The Labute approximate surface area is 60.8 Å². The molecule has 4 nitrogen and oxygen atoms in total. The van der Waals surface area contributed by atoms with Gasteiger partial charge in [-0.1, -0.05) is 0 Å². The molecule has 0 radical (unpaired) electrons. The summed E-state index contributed by atoms with van der Waals surface area (Å²) in [6.07, 6.45) is 0. The molecular formula is C2H8N2O2Zr. The van der Waals surface area contributed by atoms with Crippen LogP contribution in [0.3, 0.4) is 0 Å². The first kappa shape index (κ1) is 15.7. The zero-order valence-electron chi connectivity index (χ0n) is 3.85. The molecule has 0 rings (SSSR count). The topological polar surface area (TPSA) is 98.3 Å². The molecule has 0 amide bonds. The first-order valence-corrected chi connectivity index (χ1v) is 1.19. The van der Waals surface area contributed by atoms with Gasteiger partial charge < -0.3 is 17.0 Å². The minimum atomic E-state index is -0.968. The van der Waals surface area contributed by atoms with Gasteiger partial charge in [-0.25, -0.2) is 0 Å². The third-order valence-corrected chi connectivity index (χ3v) is 0.175. The molecule has 0 bridgehead atoms. The van der Waals surface area contributed by atoms with Crippen LogP contribution < -0.4 is 11.9 Å². The quantitative estimate of drug-likeness (QED) is 0.495. The van der Waals surface area contributed by atoms with Crippen molar-refractivity contribution in [2.24, 2.45) is 5.73 Å². The number of aliphatic carboxylic acids is 1. The van der Waals surface area contributed by atoms with Gasteiger partial charge in [-0.3, -0.25) is 4.79 Å². The molecule has 0 aromatic rings. The Morgan fingerprint density at radius 2 is 1.86 bits per heavy atom. The van der Waals surface area contributed by atoms with Crippen molar-refractivity contribution in [2.45, 2.75) is 0 Å². The minimum absolute atomic E-state index is 0. The zero-order valence-corrected chi connectivity index (χ0v) is 6.31. The van der Waals surface area contributed by atoms with Crippen molar-refractivity contribution >= 4 is 5.97 Å². The van der Waals surface area contributed by atoms with Crippen molar-refractivity contribution in [2.75, 3.05) is 6.54 Å². The summed E-state index contributed by atoms with van der Waals surface area (Å²) in [5.74, 6) is -0.968. The summed E-state index contributed by atoms with van der Waals surface area (Å²) in [7, 11) is 0. The predicted octanol–water partition coefficient (Wildman–Crippen LogP) is -0.811. The number of rotatable bonds is 1. The SMILES string of the molecule is N.NCC(=O)O.[Zr]. The normalized spacial score (nSPS) is 5.29. The van der Waals surface area contributed by atoms with E-state index in [1.807, 2.05) is 0 Å². The van der Waals surface area contributed by atoms with Gasteiger partial charge >= 0.3 is 5.97 Å². The Balaban J connectivity index is -0.0000000800. The Morgan fingerprint density at radius 1 is 1.71 bits per heavy atom. The van der Waals surface area contributed by atoms with Gasteiger partial charge in [-0.05, 0) is 0 Å². The van der Waals surface area contributed by atoms with Gasteiger partial charge in [0.15, 0.2) is 0 Å². The van der Waals surface area contributed by atoms with Gasteiger partial charge in [0, 0.05) is 26.2 Å². The summed E-state index contributed by atoms with van der Waals surface area (Å²) in [6, 6.07) is 0.